The third kappa shape index (κ3) is 3.61. The zero-order chi connectivity index (χ0) is 21.4. The maximum Gasteiger partial charge on any atom is 0.254 e. The number of aromatic nitrogens is 3. The number of halogens is 1. The Morgan fingerprint density at radius 1 is 1.17 bits per heavy atom. The standard InChI is InChI=1S/C23H23FN4OS/c1-14(2)28-22-19(13-25-28)18(12-20(26-22)21-6-5-11-30-21)23(29)27(4)15(3)16-7-9-17(24)10-8-16/h5-15H,1-4H3. The van der Waals surface area contributed by atoms with Crippen LogP contribution in [-0.4, -0.2) is 32.6 Å². The number of fused-ring (bicyclic) bond motifs is 1. The molecule has 1 amide bonds. The largest absolute Gasteiger partial charge is 0.335 e. The molecule has 5 nitrogen and oxygen atoms in total. The van der Waals surface area contributed by atoms with Crippen molar-refractivity contribution in [2.24, 2.45) is 0 Å². The van der Waals surface area contributed by atoms with Gasteiger partial charge in [-0.2, -0.15) is 5.10 Å². The predicted molar refractivity (Wildman–Crippen MR) is 118 cm³/mol. The van der Waals surface area contributed by atoms with Crippen LogP contribution >= 0.6 is 11.3 Å². The SMILES string of the molecule is CC(c1ccc(F)cc1)N(C)C(=O)c1cc(-c2cccs2)nc2c1cnn2C(C)C. The van der Waals surface area contributed by atoms with Crippen LogP contribution in [0.4, 0.5) is 4.39 Å². The van der Waals surface area contributed by atoms with Gasteiger partial charge in [-0.15, -0.1) is 11.3 Å². The first-order valence-electron chi connectivity index (χ1n) is 9.81. The molecule has 0 aliphatic rings. The third-order valence-corrected chi connectivity index (χ3v) is 6.21. The number of rotatable bonds is 5. The van der Waals surface area contributed by atoms with Crippen molar-refractivity contribution in [1.82, 2.24) is 19.7 Å². The van der Waals surface area contributed by atoms with E-state index in [0.29, 0.717) is 11.2 Å². The Balaban J connectivity index is 1.80. The lowest BCUT2D eigenvalue weighted by Gasteiger charge is -2.26. The molecule has 0 N–H and O–H groups in total. The molecule has 4 aromatic rings. The van der Waals surface area contributed by atoms with Crippen molar-refractivity contribution in [3.8, 4) is 10.6 Å². The summed E-state index contributed by atoms with van der Waals surface area (Å²) < 4.78 is 15.1. The summed E-state index contributed by atoms with van der Waals surface area (Å²) >= 11 is 1.58. The zero-order valence-electron chi connectivity index (χ0n) is 17.3. The van der Waals surface area contributed by atoms with Gasteiger partial charge in [0.1, 0.15) is 5.82 Å². The van der Waals surface area contributed by atoms with Crippen LogP contribution in [0, 0.1) is 5.82 Å². The number of hydrogen-bond donors (Lipinski definition) is 0. The molecule has 0 fully saturated rings. The smallest absolute Gasteiger partial charge is 0.254 e. The molecule has 3 heterocycles. The molecule has 4 rings (SSSR count). The molecule has 1 aromatic carbocycles. The van der Waals surface area contributed by atoms with Crippen molar-refractivity contribution in [2.75, 3.05) is 7.05 Å². The Hall–Kier alpha value is -3.06. The minimum atomic E-state index is -0.294. The first kappa shape index (κ1) is 20.2. The van der Waals surface area contributed by atoms with Gasteiger partial charge in [0.05, 0.1) is 33.8 Å². The van der Waals surface area contributed by atoms with Gasteiger partial charge in [-0.3, -0.25) is 4.79 Å². The van der Waals surface area contributed by atoms with Crippen LogP contribution in [0.1, 0.15) is 48.8 Å². The Bertz CT molecular complexity index is 1180. The number of hydrogen-bond acceptors (Lipinski definition) is 4. The van der Waals surface area contributed by atoms with E-state index in [1.165, 1.54) is 12.1 Å². The van der Waals surface area contributed by atoms with E-state index in [-0.39, 0.29) is 23.8 Å². The van der Waals surface area contributed by atoms with E-state index in [1.807, 2.05) is 49.0 Å². The molecule has 0 spiro atoms. The lowest BCUT2D eigenvalue weighted by Crippen LogP contribution is -2.30. The second-order valence-electron chi connectivity index (χ2n) is 7.60. The number of pyridine rings is 1. The number of thiophene rings is 1. The monoisotopic (exact) mass is 422 g/mol. The van der Waals surface area contributed by atoms with E-state index in [0.717, 1.165) is 21.5 Å². The Morgan fingerprint density at radius 2 is 1.90 bits per heavy atom. The Labute approximate surface area is 178 Å². The van der Waals surface area contributed by atoms with Crippen LogP contribution in [0.5, 0.6) is 0 Å². The highest BCUT2D eigenvalue weighted by Gasteiger charge is 2.24. The fourth-order valence-electron chi connectivity index (χ4n) is 3.45. The van der Waals surface area contributed by atoms with Crippen LogP contribution in [0.15, 0.2) is 54.0 Å². The zero-order valence-corrected chi connectivity index (χ0v) is 18.2. The normalized spacial score (nSPS) is 12.5. The molecule has 0 saturated heterocycles. The maximum absolute atomic E-state index is 13.5. The summed E-state index contributed by atoms with van der Waals surface area (Å²) in [4.78, 5) is 21.0. The molecule has 1 atom stereocenters. The summed E-state index contributed by atoms with van der Waals surface area (Å²) in [5, 5.41) is 7.20. The van der Waals surface area contributed by atoms with Crippen LogP contribution in [0.25, 0.3) is 21.6 Å². The van der Waals surface area contributed by atoms with Gasteiger partial charge in [0.2, 0.25) is 0 Å². The van der Waals surface area contributed by atoms with E-state index >= 15 is 0 Å². The summed E-state index contributed by atoms with van der Waals surface area (Å²) in [6.07, 6.45) is 1.71. The van der Waals surface area contributed by atoms with Crippen molar-refractivity contribution >= 4 is 28.3 Å². The summed E-state index contributed by atoms with van der Waals surface area (Å²) in [7, 11) is 1.76. The number of benzene rings is 1. The van der Waals surface area contributed by atoms with Crippen molar-refractivity contribution < 1.29 is 9.18 Å². The molecule has 154 valence electrons. The van der Waals surface area contributed by atoms with Crippen LogP contribution in [0.3, 0.4) is 0 Å². The first-order chi connectivity index (χ1) is 14.4. The summed E-state index contributed by atoms with van der Waals surface area (Å²) in [6, 6.07) is 12.0. The van der Waals surface area contributed by atoms with Crippen LogP contribution in [-0.2, 0) is 0 Å². The van der Waals surface area contributed by atoms with Crippen molar-refractivity contribution in [2.45, 2.75) is 32.9 Å². The minimum Gasteiger partial charge on any atom is -0.335 e. The van der Waals surface area contributed by atoms with Crippen molar-refractivity contribution in [1.29, 1.82) is 0 Å². The number of nitrogens with zero attached hydrogens (tertiary/aromatic N) is 4. The highest BCUT2D eigenvalue weighted by atomic mass is 32.1. The molecule has 0 saturated carbocycles. The minimum absolute atomic E-state index is 0.118. The van der Waals surface area contributed by atoms with Gasteiger partial charge in [0.15, 0.2) is 5.65 Å². The molecule has 3 aromatic heterocycles. The van der Waals surface area contributed by atoms with E-state index in [4.69, 9.17) is 4.98 Å². The summed E-state index contributed by atoms with van der Waals surface area (Å²) in [6.45, 7) is 6.01. The second kappa shape index (κ2) is 7.99. The van der Waals surface area contributed by atoms with Gasteiger partial charge in [-0.1, -0.05) is 18.2 Å². The van der Waals surface area contributed by atoms with Crippen molar-refractivity contribution in [3.05, 3.63) is 71.0 Å². The van der Waals surface area contributed by atoms with E-state index in [2.05, 4.69) is 5.10 Å². The fraction of sp³-hybridized carbons (Fsp3) is 0.261. The van der Waals surface area contributed by atoms with Gasteiger partial charge < -0.3 is 4.90 Å². The van der Waals surface area contributed by atoms with Gasteiger partial charge in [-0.25, -0.2) is 14.1 Å². The lowest BCUT2D eigenvalue weighted by atomic mass is 10.0. The van der Waals surface area contributed by atoms with Gasteiger partial charge in [-0.05, 0) is 56.0 Å². The summed E-state index contributed by atoms with van der Waals surface area (Å²) in [5.74, 6) is -0.419. The van der Waals surface area contributed by atoms with Gasteiger partial charge >= 0.3 is 0 Å². The van der Waals surface area contributed by atoms with E-state index < -0.39 is 0 Å². The molecule has 7 heteroatoms. The topological polar surface area (TPSA) is 51.0 Å². The Kier molecular flexibility index (Phi) is 5.39. The summed E-state index contributed by atoms with van der Waals surface area (Å²) in [5.41, 5.74) is 2.88. The fourth-order valence-corrected chi connectivity index (χ4v) is 4.14. The quantitative estimate of drug-likeness (QED) is 0.414. The highest BCUT2D eigenvalue weighted by molar-refractivity contribution is 7.13. The van der Waals surface area contributed by atoms with E-state index in [9.17, 15) is 9.18 Å². The Morgan fingerprint density at radius 3 is 2.53 bits per heavy atom. The van der Waals surface area contributed by atoms with Gasteiger partial charge in [0, 0.05) is 13.1 Å². The third-order valence-electron chi connectivity index (χ3n) is 5.31. The molecule has 0 aliphatic heterocycles. The molecular weight excluding hydrogens is 399 g/mol. The molecule has 0 radical (unpaired) electrons. The second-order valence-corrected chi connectivity index (χ2v) is 8.54. The lowest BCUT2D eigenvalue weighted by molar-refractivity contribution is 0.0744. The van der Waals surface area contributed by atoms with Crippen molar-refractivity contribution in [3.63, 3.8) is 0 Å². The molecule has 0 aliphatic carbocycles. The average Bonchev–Trinajstić information content (AvgIpc) is 3.42. The predicted octanol–water partition coefficient (Wildman–Crippen LogP) is 5.71. The molecular formula is C23H23FN4OS. The number of carbonyl (C=O) groups excluding carboxylic acids is 1. The molecule has 30 heavy (non-hydrogen) atoms. The average molecular weight is 423 g/mol. The number of carbonyl (C=O) groups is 1. The van der Waals surface area contributed by atoms with E-state index in [1.54, 1.807) is 41.6 Å². The first-order valence-corrected chi connectivity index (χ1v) is 10.7. The van der Waals surface area contributed by atoms with Crippen LogP contribution in [0.2, 0.25) is 0 Å². The number of amides is 1. The molecule has 1 unspecified atom stereocenters. The highest BCUT2D eigenvalue weighted by Crippen LogP contribution is 2.31. The van der Waals surface area contributed by atoms with Gasteiger partial charge in [0.25, 0.3) is 5.91 Å². The molecule has 0 bridgehead atoms. The maximum atomic E-state index is 13.5. The van der Waals surface area contributed by atoms with Crippen LogP contribution < -0.4 is 0 Å².